The zero-order valence-corrected chi connectivity index (χ0v) is 7.10. The predicted octanol–water partition coefficient (Wildman–Crippen LogP) is 0.483. The highest BCUT2D eigenvalue weighted by Gasteiger charge is 2.08. The molecule has 1 aromatic carbocycles. The van der Waals surface area contributed by atoms with Gasteiger partial charge >= 0.3 is 0 Å². The van der Waals surface area contributed by atoms with Crippen molar-refractivity contribution in [3.05, 3.63) is 18.6 Å². The molecule has 0 aliphatic carbocycles. The maximum atomic E-state index is 5.79. The Kier molecular flexibility index (Phi) is 1.22. The van der Waals surface area contributed by atoms with Gasteiger partial charge in [0.2, 0.25) is 0 Å². The molecule has 0 aliphatic rings. The summed E-state index contributed by atoms with van der Waals surface area (Å²) >= 11 is 0. The van der Waals surface area contributed by atoms with Crippen molar-refractivity contribution >= 4 is 27.6 Å². The average molecular weight is 186 g/mol. The second kappa shape index (κ2) is 2.38. The molecule has 0 radical (unpaired) electrons. The first-order valence-corrected chi connectivity index (χ1v) is 4.05. The lowest BCUT2D eigenvalue weighted by Crippen LogP contribution is -1.90. The highest BCUT2D eigenvalue weighted by atomic mass is 15.3. The number of hydrogen-bond donors (Lipinski definition) is 2. The topological polar surface area (TPSA) is 93.4 Å². The monoisotopic (exact) mass is 186 g/mol. The van der Waals surface area contributed by atoms with Crippen LogP contribution >= 0.6 is 0 Å². The number of fused-ring (bicyclic) bond motifs is 3. The third-order valence-electron chi connectivity index (χ3n) is 2.10. The molecule has 0 atom stereocenters. The molecule has 6 heteroatoms. The Labute approximate surface area is 78.2 Å². The number of nitrogens with two attached hydrogens (primary N) is 1. The molecule has 3 aromatic rings. The first-order valence-electron chi connectivity index (χ1n) is 4.05. The van der Waals surface area contributed by atoms with Crippen LogP contribution in [0.1, 0.15) is 0 Å². The molecule has 2 heterocycles. The highest BCUT2D eigenvalue weighted by molar-refractivity contribution is 6.06. The number of nitrogen functional groups attached to an aromatic ring is 1. The van der Waals surface area contributed by atoms with Crippen molar-refractivity contribution in [2.75, 3.05) is 5.73 Å². The van der Waals surface area contributed by atoms with E-state index >= 15 is 0 Å². The number of rotatable bonds is 0. The van der Waals surface area contributed by atoms with Crippen LogP contribution in [0, 0.1) is 0 Å². The Morgan fingerprint density at radius 2 is 2.00 bits per heavy atom. The summed E-state index contributed by atoms with van der Waals surface area (Å²) in [5.74, 6) is 0. The lowest BCUT2D eigenvalue weighted by molar-refractivity contribution is 0.960. The molecule has 0 saturated heterocycles. The predicted molar refractivity (Wildman–Crippen MR) is 51.4 cm³/mol. The number of nitrogens with one attached hydrogen (secondary N) is 1. The van der Waals surface area contributed by atoms with E-state index in [1.54, 1.807) is 12.3 Å². The molecule has 0 aliphatic heterocycles. The van der Waals surface area contributed by atoms with Gasteiger partial charge in [0, 0.05) is 11.6 Å². The highest BCUT2D eigenvalue weighted by Crippen LogP contribution is 2.24. The normalized spacial score (nSPS) is 11.1. The van der Waals surface area contributed by atoms with Crippen molar-refractivity contribution in [2.45, 2.75) is 0 Å². The maximum Gasteiger partial charge on any atom is 0.141 e. The van der Waals surface area contributed by atoms with E-state index in [1.165, 1.54) is 6.33 Å². The third-order valence-corrected chi connectivity index (χ3v) is 2.10. The minimum atomic E-state index is 0.580. The van der Waals surface area contributed by atoms with E-state index in [9.17, 15) is 0 Å². The summed E-state index contributed by atoms with van der Waals surface area (Å²) in [6, 6.07) is 1.79. The number of aromatic amines is 1. The molecular weight excluding hydrogens is 180 g/mol. The van der Waals surface area contributed by atoms with Gasteiger partial charge in [0.25, 0.3) is 0 Å². The van der Waals surface area contributed by atoms with Crippen LogP contribution in [0.4, 0.5) is 5.69 Å². The lowest BCUT2D eigenvalue weighted by atomic mass is 10.2. The number of anilines is 1. The van der Waals surface area contributed by atoms with Gasteiger partial charge < -0.3 is 5.73 Å². The van der Waals surface area contributed by atoms with Crippen LogP contribution in [0.25, 0.3) is 21.9 Å². The summed E-state index contributed by atoms with van der Waals surface area (Å²) in [7, 11) is 0. The zero-order chi connectivity index (χ0) is 9.54. The summed E-state index contributed by atoms with van der Waals surface area (Å²) in [6.07, 6.45) is 3.18. The molecule has 0 unspecified atom stereocenters. The smallest absolute Gasteiger partial charge is 0.141 e. The average Bonchev–Trinajstić information content (AvgIpc) is 2.67. The van der Waals surface area contributed by atoms with E-state index in [4.69, 9.17) is 5.73 Å². The van der Waals surface area contributed by atoms with Crippen LogP contribution in [0.15, 0.2) is 18.6 Å². The van der Waals surface area contributed by atoms with Gasteiger partial charge in [-0.2, -0.15) is 15.4 Å². The quantitative estimate of drug-likeness (QED) is 0.498. The Bertz CT molecular complexity index is 613. The molecule has 2 aromatic heterocycles. The molecule has 0 fully saturated rings. The maximum absolute atomic E-state index is 5.79. The molecule has 0 saturated carbocycles. The van der Waals surface area contributed by atoms with E-state index in [0.717, 1.165) is 10.9 Å². The van der Waals surface area contributed by atoms with Gasteiger partial charge in [-0.15, -0.1) is 0 Å². The Morgan fingerprint density at radius 3 is 2.93 bits per heavy atom. The Hall–Kier alpha value is -2.24. The minimum Gasteiger partial charge on any atom is -0.397 e. The molecule has 6 nitrogen and oxygen atoms in total. The molecule has 0 amide bonds. The van der Waals surface area contributed by atoms with E-state index in [1.807, 2.05) is 0 Å². The summed E-state index contributed by atoms with van der Waals surface area (Å²) in [4.78, 5) is 8.05. The summed E-state index contributed by atoms with van der Waals surface area (Å²) in [5, 5.41) is 11.3. The fourth-order valence-electron chi connectivity index (χ4n) is 1.48. The van der Waals surface area contributed by atoms with Crippen molar-refractivity contribution in [3.8, 4) is 0 Å². The molecule has 3 N–H and O–H groups in total. The van der Waals surface area contributed by atoms with Gasteiger partial charge in [-0.25, -0.2) is 9.97 Å². The van der Waals surface area contributed by atoms with Gasteiger partial charge in [0.1, 0.15) is 22.9 Å². The first kappa shape index (κ1) is 7.19. The molecule has 0 spiro atoms. The lowest BCUT2D eigenvalue weighted by Gasteiger charge is -1.98. The minimum absolute atomic E-state index is 0.580. The van der Waals surface area contributed by atoms with Crippen molar-refractivity contribution in [1.29, 1.82) is 0 Å². The van der Waals surface area contributed by atoms with Crippen LogP contribution in [-0.2, 0) is 0 Å². The number of hydrogen-bond acceptors (Lipinski definition) is 5. The van der Waals surface area contributed by atoms with Gasteiger partial charge in [0.15, 0.2) is 0 Å². The van der Waals surface area contributed by atoms with Gasteiger partial charge in [-0.1, -0.05) is 0 Å². The van der Waals surface area contributed by atoms with Crippen molar-refractivity contribution in [3.63, 3.8) is 0 Å². The van der Waals surface area contributed by atoms with Gasteiger partial charge in [0.05, 0.1) is 5.69 Å². The largest absolute Gasteiger partial charge is 0.397 e. The van der Waals surface area contributed by atoms with E-state index in [0.29, 0.717) is 16.7 Å². The fourth-order valence-corrected chi connectivity index (χ4v) is 1.48. The molecular formula is C8H6N6. The summed E-state index contributed by atoms with van der Waals surface area (Å²) < 4.78 is 0. The SMILES string of the molecule is Nc1cc2cncnc2c2n[nH]nc12. The number of nitrogens with zero attached hydrogens (tertiary/aromatic N) is 4. The van der Waals surface area contributed by atoms with E-state index < -0.39 is 0 Å². The zero-order valence-electron chi connectivity index (χ0n) is 7.10. The van der Waals surface area contributed by atoms with Crippen LogP contribution < -0.4 is 5.73 Å². The third kappa shape index (κ3) is 0.792. The molecule has 14 heavy (non-hydrogen) atoms. The van der Waals surface area contributed by atoms with Gasteiger partial charge in [-0.3, -0.25) is 0 Å². The standard InChI is InChI=1S/C8H6N6/c9-5-1-4-2-10-3-11-6(4)8-7(5)12-14-13-8/h1-3H,9H2,(H,12,13,14). The van der Waals surface area contributed by atoms with Crippen molar-refractivity contribution < 1.29 is 0 Å². The fraction of sp³-hybridized carbons (Fsp3) is 0. The summed E-state index contributed by atoms with van der Waals surface area (Å²) in [6.45, 7) is 0. The van der Waals surface area contributed by atoms with Crippen LogP contribution in [0.5, 0.6) is 0 Å². The molecule has 3 rings (SSSR count). The van der Waals surface area contributed by atoms with Crippen LogP contribution in [0.3, 0.4) is 0 Å². The van der Waals surface area contributed by atoms with E-state index in [2.05, 4.69) is 25.4 Å². The first-order chi connectivity index (χ1) is 6.86. The molecule has 0 bridgehead atoms. The Morgan fingerprint density at radius 1 is 1.14 bits per heavy atom. The number of H-pyrrole nitrogens is 1. The van der Waals surface area contributed by atoms with Crippen LogP contribution in [-0.4, -0.2) is 25.4 Å². The van der Waals surface area contributed by atoms with Crippen molar-refractivity contribution in [2.24, 2.45) is 0 Å². The van der Waals surface area contributed by atoms with Crippen LogP contribution in [0.2, 0.25) is 0 Å². The molecule has 68 valence electrons. The Balaban J connectivity index is 2.66. The van der Waals surface area contributed by atoms with E-state index in [-0.39, 0.29) is 0 Å². The second-order valence-corrected chi connectivity index (χ2v) is 2.95. The number of benzene rings is 1. The van der Waals surface area contributed by atoms with Crippen molar-refractivity contribution in [1.82, 2.24) is 25.4 Å². The van der Waals surface area contributed by atoms with Gasteiger partial charge in [-0.05, 0) is 6.07 Å². The summed E-state index contributed by atoms with van der Waals surface area (Å²) in [5.41, 5.74) is 8.46. The number of aromatic nitrogens is 5. The second-order valence-electron chi connectivity index (χ2n) is 2.95.